The Balaban J connectivity index is 2.14. The Morgan fingerprint density at radius 3 is 2.75 bits per heavy atom. The number of ether oxygens (including phenoxy) is 1. The second kappa shape index (κ2) is 7.58. The highest BCUT2D eigenvalue weighted by Gasteiger charge is 2.35. The number of carbonyl (C=O) groups excluding carboxylic acids is 2. The zero-order chi connectivity index (χ0) is 17.9. The molecular formula is C14H21N3O5S2. The van der Waals surface area contributed by atoms with E-state index in [2.05, 4.69) is 10.3 Å². The average molecular weight is 375 g/mol. The standard InChI is InChI=1S/C14H21N3O5S2/c1-4-22-13(19)11-9(2)15-14(23-11)16-12(18)10-7-5-6-8-17(10)24(3,20)21/h10H,4-8H2,1-3H3,(H,15,16,18)/t10-/m1/s1. The number of piperidine rings is 1. The summed E-state index contributed by atoms with van der Waals surface area (Å²) in [6.45, 7) is 3.95. The van der Waals surface area contributed by atoms with Gasteiger partial charge in [0.05, 0.1) is 18.6 Å². The molecule has 2 heterocycles. The summed E-state index contributed by atoms with van der Waals surface area (Å²) in [5.41, 5.74) is 0.470. The molecule has 10 heteroatoms. The van der Waals surface area contributed by atoms with Gasteiger partial charge in [-0.2, -0.15) is 4.31 Å². The van der Waals surface area contributed by atoms with E-state index < -0.39 is 27.9 Å². The van der Waals surface area contributed by atoms with Crippen molar-refractivity contribution in [3.63, 3.8) is 0 Å². The Bertz CT molecular complexity index is 729. The van der Waals surface area contributed by atoms with Crippen LogP contribution in [0.1, 0.15) is 41.6 Å². The lowest BCUT2D eigenvalue weighted by Crippen LogP contribution is -2.49. The maximum absolute atomic E-state index is 12.5. The Labute approximate surface area is 145 Å². The smallest absolute Gasteiger partial charge is 0.350 e. The molecule has 2 rings (SSSR count). The summed E-state index contributed by atoms with van der Waals surface area (Å²) in [6.07, 6.45) is 3.09. The zero-order valence-electron chi connectivity index (χ0n) is 13.9. The Hall–Kier alpha value is -1.52. The van der Waals surface area contributed by atoms with Crippen LogP contribution in [0.15, 0.2) is 0 Å². The molecule has 8 nitrogen and oxygen atoms in total. The number of aromatic nitrogens is 1. The van der Waals surface area contributed by atoms with E-state index in [0.717, 1.165) is 30.4 Å². The number of rotatable bonds is 5. The summed E-state index contributed by atoms with van der Waals surface area (Å²) in [7, 11) is -3.45. The number of aryl methyl sites for hydroxylation is 1. The van der Waals surface area contributed by atoms with Gasteiger partial charge in [0.1, 0.15) is 10.9 Å². The third kappa shape index (κ3) is 4.31. The van der Waals surface area contributed by atoms with Crippen molar-refractivity contribution in [2.75, 3.05) is 24.7 Å². The van der Waals surface area contributed by atoms with Gasteiger partial charge in [-0.1, -0.05) is 17.8 Å². The minimum absolute atomic E-state index is 0.253. The highest BCUT2D eigenvalue weighted by molar-refractivity contribution is 7.88. The minimum Gasteiger partial charge on any atom is -0.462 e. The quantitative estimate of drug-likeness (QED) is 0.780. The SMILES string of the molecule is CCOC(=O)c1sc(NC(=O)[C@H]2CCCCN2S(C)(=O)=O)nc1C. The average Bonchev–Trinajstić information content (AvgIpc) is 2.87. The summed E-state index contributed by atoms with van der Waals surface area (Å²) < 4.78 is 29.8. The number of esters is 1. The van der Waals surface area contributed by atoms with Crippen LogP contribution in [-0.2, 0) is 19.6 Å². The van der Waals surface area contributed by atoms with Gasteiger partial charge in [0.2, 0.25) is 15.9 Å². The first-order valence-corrected chi connectivity index (χ1v) is 10.3. The third-order valence-corrected chi connectivity index (χ3v) is 6.01. The molecule has 1 aliphatic heterocycles. The Morgan fingerprint density at radius 1 is 1.42 bits per heavy atom. The Kier molecular flexibility index (Phi) is 5.94. The number of sulfonamides is 1. The van der Waals surface area contributed by atoms with Gasteiger partial charge in [0, 0.05) is 6.54 Å². The van der Waals surface area contributed by atoms with Crippen LogP contribution in [0, 0.1) is 6.92 Å². The van der Waals surface area contributed by atoms with E-state index in [4.69, 9.17) is 4.74 Å². The molecule has 0 unspecified atom stereocenters. The maximum atomic E-state index is 12.5. The molecule has 1 aromatic rings. The summed E-state index contributed by atoms with van der Waals surface area (Å²) in [6, 6.07) is -0.746. The largest absolute Gasteiger partial charge is 0.462 e. The molecule has 0 aliphatic carbocycles. The van der Waals surface area contributed by atoms with E-state index in [0.29, 0.717) is 23.5 Å². The van der Waals surface area contributed by atoms with E-state index >= 15 is 0 Å². The molecule has 1 aliphatic rings. The van der Waals surface area contributed by atoms with Crippen LogP contribution in [0.3, 0.4) is 0 Å². The highest BCUT2D eigenvalue weighted by atomic mass is 32.2. The van der Waals surface area contributed by atoms with Gasteiger partial charge in [0.15, 0.2) is 5.13 Å². The molecule has 1 fully saturated rings. The van der Waals surface area contributed by atoms with Crippen LogP contribution < -0.4 is 5.32 Å². The number of amides is 1. The predicted octanol–water partition coefficient (Wildman–Crippen LogP) is 1.38. The normalized spacial score (nSPS) is 19.0. The molecule has 1 aromatic heterocycles. The molecule has 1 saturated heterocycles. The van der Waals surface area contributed by atoms with Crippen LogP contribution in [0.4, 0.5) is 5.13 Å². The van der Waals surface area contributed by atoms with Crippen LogP contribution in [0.5, 0.6) is 0 Å². The topological polar surface area (TPSA) is 106 Å². The first kappa shape index (κ1) is 18.8. The van der Waals surface area contributed by atoms with Crippen LogP contribution in [-0.4, -0.2) is 55.0 Å². The van der Waals surface area contributed by atoms with Gasteiger partial charge in [0.25, 0.3) is 0 Å². The third-order valence-electron chi connectivity index (χ3n) is 3.67. The number of hydrogen-bond acceptors (Lipinski definition) is 7. The number of carbonyl (C=O) groups is 2. The maximum Gasteiger partial charge on any atom is 0.350 e. The first-order valence-electron chi connectivity index (χ1n) is 7.66. The molecule has 0 spiro atoms. The van der Waals surface area contributed by atoms with Gasteiger partial charge in [-0.25, -0.2) is 18.2 Å². The molecular weight excluding hydrogens is 354 g/mol. The van der Waals surface area contributed by atoms with Crippen molar-refractivity contribution in [3.8, 4) is 0 Å². The van der Waals surface area contributed by atoms with Gasteiger partial charge >= 0.3 is 5.97 Å². The van der Waals surface area contributed by atoms with Gasteiger partial charge in [-0.3, -0.25) is 4.79 Å². The molecule has 1 N–H and O–H groups in total. The van der Waals surface area contributed by atoms with E-state index in [1.807, 2.05) is 0 Å². The fraction of sp³-hybridized carbons (Fsp3) is 0.643. The lowest BCUT2D eigenvalue weighted by atomic mass is 10.0. The van der Waals surface area contributed by atoms with E-state index in [1.54, 1.807) is 13.8 Å². The van der Waals surface area contributed by atoms with Crippen molar-refractivity contribution in [2.24, 2.45) is 0 Å². The lowest BCUT2D eigenvalue weighted by molar-refractivity contribution is -0.120. The number of anilines is 1. The summed E-state index contributed by atoms with van der Waals surface area (Å²) in [5.74, 6) is -0.910. The monoisotopic (exact) mass is 375 g/mol. The molecule has 0 bridgehead atoms. The van der Waals surface area contributed by atoms with Crippen molar-refractivity contribution in [3.05, 3.63) is 10.6 Å². The number of hydrogen-bond donors (Lipinski definition) is 1. The molecule has 1 atom stereocenters. The predicted molar refractivity (Wildman–Crippen MR) is 90.6 cm³/mol. The second-order valence-corrected chi connectivity index (χ2v) is 8.46. The minimum atomic E-state index is -3.45. The van der Waals surface area contributed by atoms with Crippen LogP contribution in [0.2, 0.25) is 0 Å². The van der Waals surface area contributed by atoms with Crippen LogP contribution in [0.25, 0.3) is 0 Å². The highest BCUT2D eigenvalue weighted by Crippen LogP contribution is 2.26. The number of thiazole rings is 1. The van der Waals surface area contributed by atoms with Crippen molar-refractivity contribution >= 4 is 38.4 Å². The molecule has 134 valence electrons. The van der Waals surface area contributed by atoms with E-state index in [1.165, 1.54) is 4.31 Å². The van der Waals surface area contributed by atoms with Gasteiger partial charge < -0.3 is 10.1 Å². The summed E-state index contributed by atoms with van der Waals surface area (Å²) >= 11 is 1.02. The molecule has 0 aromatic carbocycles. The molecule has 0 saturated carbocycles. The first-order chi connectivity index (χ1) is 11.2. The van der Waals surface area contributed by atoms with Crippen molar-refractivity contribution in [1.82, 2.24) is 9.29 Å². The second-order valence-electron chi connectivity index (χ2n) is 5.53. The van der Waals surface area contributed by atoms with Gasteiger partial charge in [-0.15, -0.1) is 0 Å². The molecule has 24 heavy (non-hydrogen) atoms. The van der Waals surface area contributed by atoms with Crippen molar-refractivity contribution in [1.29, 1.82) is 0 Å². The number of nitrogens with zero attached hydrogens (tertiary/aromatic N) is 2. The van der Waals surface area contributed by atoms with Gasteiger partial charge in [-0.05, 0) is 26.7 Å². The fourth-order valence-corrected chi connectivity index (χ4v) is 4.58. The molecule has 1 amide bonds. The molecule has 0 radical (unpaired) electrons. The fourth-order valence-electron chi connectivity index (χ4n) is 2.59. The van der Waals surface area contributed by atoms with E-state index in [-0.39, 0.29) is 11.7 Å². The lowest BCUT2D eigenvalue weighted by Gasteiger charge is -2.32. The van der Waals surface area contributed by atoms with E-state index in [9.17, 15) is 18.0 Å². The van der Waals surface area contributed by atoms with Crippen molar-refractivity contribution in [2.45, 2.75) is 39.2 Å². The van der Waals surface area contributed by atoms with Crippen LogP contribution >= 0.6 is 11.3 Å². The summed E-state index contributed by atoms with van der Waals surface area (Å²) in [4.78, 5) is 28.8. The summed E-state index contributed by atoms with van der Waals surface area (Å²) in [5, 5.41) is 2.89. The Morgan fingerprint density at radius 2 is 2.12 bits per heavy atom. The van der Waals surface area contributed by atoms with Crippen molar-refractivity contribution < 1.29 is 22.7 Å². The zero-order valence-corrected chi connectivity index (χ0v) is 15.5. The number of nitrogens with one attached hydrogen (secondary N) is 1.